The van der Waals surface area contributed by atoms with Crippen LogP contribution in [-0.4, -0.2) is 16.5 Å². The van der Waals surface area contributed by atoms with Gasteiger partial charge in [-0.2, -0.15) is 0 Å². The van der Waals surface area contributed by atoms with Crippen molar-refractivity contribution in [3.8, 4) is 5.75 Å². The largest absolute Gasteiger partial charge is 0.573 e. The standard InChI is InChI=1S/C8H6BrF3INO2/c9-1-5-6(16-8(10,11)12)4(3-15)2-14-7(5)13/h2,15H,1,3H2. The summed E-state index contributed by atoms with van der Waals surface area (Å²) in [5.41, 5.74) is 0.275. The second kappa shape index (κ2) is 5.50. The van der Waals surface area contributed by atoms with Crippen molar-refractivity contribution in [2.24, 2.45) is 0 Å². The van der Waals surface area contributed by atoms with Crippen LogP contribution in [0.3, 0.4) is 0 Å². The Morgan fingerprint density at radius 2 is 2.12 bits per heavy atom. The highest BCUT2D eigenvalue weighted by Crippen LogP contribution is 2.33. The maximum atomic E-state index is 12.2. The summed E-state index contributed by atoms with van der Waals surface area (Å²) < 4.78 is 40.8. The van der Waals surface area contributed by atoms with Crippen LogP contribution in [0.1, 0.15) is 11.1 Å². The molecule has 0 aliphatic carbocycles. The van der Waals surface area contributed by atoms with Gasteiger partial charge < -0.3 is 9.84 Å². The van der Waals surface area contributed by atoms with Crippen molar-refractivity contribution < 1.29 is 23.0 Å². The van der Waals surface area contributed by atoms with Crippen molar-refractivity contribution >= 4 is 38.5 Å². The molecule has 0 fully saturated rings. The molecular weight excluding hydrogens is 406 g/mol. The topological polar surface area (TPSA) is 42.4 Å². The van der Waals surface area contributed by atoms with Gasteiger partial charge in [-0.25, -0.2) is 4.98 Å². The van der Waals surface area contributed by atoms with E-state index < -0.39 is 13.0 Å². The molecule has 0 saturated heterocycles. The van der Waals surface area contributed by atoms with Crippen molar-refractivity contribution in [1.29, 1.82) is 0 Å². The second-order valence-corrected chi connectivity index (χ2v) is 4.30. The number of rotatable bonds is 3. The highest BCUT2D eigenvalue weighted by molar-refractivity contribution is 14.1. The summed E-state index contributed by atoms with van der Waals surface area (Å²) in [6, 6.07) is 0. The van der Waals surface area contributed by atoms with Gasteiger partial charge in [-0.3, -0.25) is 0 Å². The van der Waals surface area contributed by atoms with E-state index in [0.29, 0.717) is 3.70 Å². The fraction of sp³-hybridized carbons (Fsp3) is 0.375. The van der Waals surface area contributed by atoms with Gasteiger partial charge in [-0.1, -0.05) is 15.9 Å². The lowest BCUT2D eigenvalue weighted by Crippen LogP contribution is -2.20. The van der Waals surface area contributed by atoms with Crippen LogP contribution in [-0.2, 0) is 11.9 Å². The number of ether oxygens (including phenoxy) is 1. The smallest absolute Gasteiger partial charge is 0.405 e. The van der Waals surface area contributed by atoms with Crippen LogP contribution in [0.4, 0.5) is 13.2 Å². The molecule has 0 spiro atoms. The minimum atomic E-state index is -4.79. The highest BCUT2D eigenvalue weighted by Gasteiger charge is 2.33. The van der Waals surface area contributed by atoms with Gasteiger partial charge in [0, 0.05) is 22.7 Å². The number of hydrogen-bond acceptors (Lipinski definition) is 3. The zero-order valence-electron chi connectivity index (χ0n) is 7.68. The quantitative estimate of drug-likeness (QED) is 0.472. The van der Waals surface area contributed by atoms with E-state index in [9.17, 15) is 13.2 Å². The molecule has 0 aromatic carbocycles. The summed E-state index contributed by atoms with van der Waals surface area (Å²) in [4.78, 5) is 3.86. The predicted molar refractivity (Wildman–Crippen MR) is 62.2 cm³/mol. The van der Waals surface area contributed by atoms with E-state index in [0.717, 1.165) is 6.20 Å². The Labute approximate surface area is 111 Å². The Morgan fingerprint density at radius 1 is 1.50 bits per heavy atom. The van der Waals surface area contributed by atoms with Gasteiger partial charge in [-0.15, -0.1) is 13.2 Å². The van der Waals surface area contributed by atoms with E-state index in [4.69, 9.17) is 5.11 Å². The van der Waals surface area contributed by atoms with Gasteiger partial charge in [0.2, 0.25) is 0 Å². The number of aliphatic hydroxyl groups excluding tert-OH is 1. The molecule has 0 atom stereocenters. The summed E-state index contributed by atoms with van der Waals surface area (Å²) in [6.07, 6.45) is -3.62. The van der Waals surface area contributed by atoms with E-state index in [1.807, 2.05) is 0 Å². The molecule has 1 aromatic rings. The molecule has 3 nitrogen and oxygen atoms in total. The minimum Gasteiger partial charge on any atom is -0.405 e. The molecule has 1 aromatic heterocycles. The minimum absolute atomic E-state index is 0.00666. The number of aromatic nitrogens is 1. The SMILES string of the molecule is OCc1cnc(I)c(CBr)c1OC(F)(F)F. The lowest BCUT2D eigenvalue weighted by atomic mass is 10.2. The predicted octanol–water partition coefficient (Wildman–Crippen LogP) is 2.97. The third kappa shape index (κ3) is 3.45. The molecule has 16 heavy (non-hydrogen) atoms. The fourth-order valence-electron chi connectivity index (χ4n) is 1.03. The molecule has 8 heteroatoms. The zero-order valence-corrected chi connectivity index (χ0v) is 11.4. The number of nitrogens with zero attached hydrogens (tertiary/aromatic N) is 1. The Bertz CT molecular complexity index is 386. The van der Waals surface area contributed by atoms with E-state index in [-0.39, 0.29) is 22.2 Å². The monoisotopic (exact) mass is 411 g/mol. The summed E-state index contributed by atoms with van der Waals surface area (Å²) in [5.74, 6) is -0.383. The molecule has 0 amide bonds. The molecule has 0 radical (unpaired) electrons. The van der Waals surface area contributed by atoms with Gasteiger partial charge in [0.15, 0.2) is 0 Å². The average Bonchev–Trinajstić information content (AvgIpc) is 2.16. The Hall–Kier alpha value is -0.0900. The summed E-state index contributed by atoms with van der Waals surface area (Å²) in [7, 11) is 0. The Morgan fingerprint density at radius 3 is 2.56 bits per heavy atom. The number of aliphatic hydroxyl groups is 1. The number of alkyl halides is 4. The first kappa shape index (κ1) is 14.0. The van der Waals surface area contributed by atoms with Crippen molar-refractivity contribution in [2.45, 2.75) is 18.3 Å². The van der Waals surface area contributed by atoms with Crippen molar-refractivity contribution in [3.63, 3.8) is 0 Å². The van der Waals surface area contributed by atoms with Crippen molar-refractivity contribution in [3.05, 3.63) is 21.0 Å². The molecule has 0 saturated carbocycles. The average molecular weight is 412 g/mol. The molecule has 0 unspecified atom stereocenters. The summed E-state index contributed by atoms with van der Waals surface area (Å²) in [6.45, 7) is -0.560. The Kier molecular flexibility index (Phi) is 4.80. The lowest BCUT2D eigenvalue weighted by Gasteiger charge is -2.15. The highest BCUT2D eigenvalue weighted by atomic mass is 127. The summed E-state index contributed by atoms with van der Waals surface area (Å²) >= 11 is 4.86. The van der Waals surface area contributed by atoms with Gasteiger partial charge >= 0.3 is 6.36 Å². The molecule has 0 aliphatic heterocycles. The van der Waals surface area contributed by atoms with Crippen LogP contribution in [0.2, 0.25) is 0 Å². The van der Waals surface area contributed by atoms with Crippen LogP contribution in [0.15, 0.2) is 6.20 Å². The molecule has 1 N–H and O–H groups in total. The number of pyridine rings is 1. The first-order valence-electron chi connectivity index (χ1n) is 3.98. The lowest BCUT2D eigenvalue weighted by molar-refractivity contribution is -0.275. The molecule has 90 valence electrons. The summed E-state index contributed by atoms with van der Waals surface area (Å²) in [5, 5.41) is 9.09. The first-order valence-corrected chi connectivity index (χ1v) is 6.18. The third-order valence-corrected chi connectivity index (χ3v) is 3.16. The number of hydrogen-bond donors (Lipinski definition) is 1. The van der Waals surface area contributed by atoms with Crippen LogP contribution >= 0.6 is 38.5 Å². The van der Waals surface area contributed by atoms with E-state index >= 15 is 0 Å². The maximum Gasteiger partial charge on any atom is 0.573 e. The van der Waals surface area contributed by atoms with Crippen molar-refractivity contribution in [1.82, 2.24) is 4.98 Å². The van der Waals surface area contributed by atoms with E-state index in [1.54, 1.807) is 22.6 Å². The molecule has 0 bridgehead atoms. The van der Waals surface area contributed by atoms with Gasteiger partial charge in [0.25, 0.3) is 0 Å². The second-order valence-electron chi connectivity index (χ2n) is 2.72. The van der Waals surface area contributed by atoms with Crippen LogP contribution in [0, 0.1) is 3.70 Å². The molecule has 0 aliphatic rings. The first-order chi connectivity index (χ1) is 7.39. The van der Waals surface area contributed by atoms with Gasteiger partial charge in [-0.05, 0) is 22.6 Å². The maximum absolute atomic E-state index is 12.2. The van der Waals surface area contributed by atoms with Crippen molar-refractivity contribution in [2.75, 3.05) is 0 Å². The third-order valence-electron chi connectivity index (χ3n) is 1.67. The fourth-order valence-corrected chi connectivity index (χ4v) is 2.65. The zero-order chi connectivity index (χ0) is 12.3. The van der Waals surface area contributed by atoms with Crippen LogP contribution < -0.4 is 4.74 Å². The van der Waals surface area contributed by atoms with Gasteiger partial charge in [0.1, 0.15) is 9.45 Å². The number of halogens is 5. The van der Waals surface area contributed by atoms with Crippen LogP contribution in [0.5, 0.6) is 5.75 Å². The Balaban J connectivity index is 3.25. The van der Waals surface area contributed by atoms with E-state index in [1.165, 1.54) is 0 Å². The molecular formula is C8H6BrF3INO2. The molecule has 1 rings (SSSR count). The van der Waals surface area contributed by atoms with Crippen LogP contribution in [0.25, 0.3) is 0 Å². The van der Waals surface area contributed by atoms with Gasteiger partial charge in [0.05, 0.1) is 6.61 Å². The molecule has 1 heterocycles. The normalized spacial score (nSPS) is 11.6. The van der Waals surface area contributed by atoms with E-state index in [2.05, 4.69) is 25.7 Å².